The smallest absolute Gasteiger partial charge is 0.180 e. The second kappa shape index (κ2) is 2.77. The standard InChI is InChI=1S/C10H9N3O/c1-2-4-10-9(3-1)7-11-13(10)12-5-6-14-8-12/h1-7H,8H2. The van der Waals surface area contributed by atoms with Crippen LogP contribution in [-0.2, 0) is 4.74 Å². The van der Waals surface area contributed by atoms with Crippen molar-refractivity contribution in [3.8, 4) is 0 Å². The molecular weight excluding hydrogens is 178 g/mol. The number of nitrogens with zero attached hydrogens (tertiary/aromatic N) is 3. The van der Waals surface area contributed by atoms with Crippen molar-refractivity contribution >= 4 is 10.9 Å². The molecule has 1 aliphatic rings. The highest BCUT2D eigenvalue weighted by atomic mass is 16.5. The van der Waals surface area contributed by atoms with E-state index >= 15 is 0 Å². The Hall–Kier alpha value is -1.97. The molecule has 4 nitrogen and oxygen atoms in total. The van der Waals surface area contributed by atoms with Crippen LogP contribution in [0.1, 0.15) is 0 Å². The van der Waals surface area contributed by atoms with Gasteiger partial charge in [0.15, 0.2) is 6.73 Å². The van der Waals surface area contributed by atoms with Gasteiger partial charge in [0.05, 0.1) is 17.9 Å². The van der Waals surface area contributed by atoms with Crippen LogP contribution < -0.4 is 5.01 Å². The van der Waals surface area contributed by atoms with Crippen molar-refractivity contribution in [3.63, 3.8) is 0 Å². The van der Waals surface area contributed by atoms with Crippen LogP contribution >= 0.6 is 0 Å². The fourth-order valence-corrected chi connectivity index (χ4v) is 1.56. The molecule has 0 saturated heterocycles. The summed E-state index contributed by atoms with van der Waals surface area (Å²) in [5.41, 5.74) is 1.09. The molecule has 2 heterocycles. The molecule has 1 aromatic heterocycles. The van der Waals surface area contributed by atoms with Crippen LogP contribution in [0.15, 0.2) is 42.9 Å². The summed E-state index contributed by atoms with van der Waals surface area (Å²) in [5, 5.41) is 7.33. The molecule has 3 rings (SSSR count). The third-order valence-corrected chi connectivity index (χ3v) is 2.24. The van der Waals surface area contributed by atoms with E-state index < -0.39 is 0 Å². The van der Waals surface area contributed by atoms with Gasteiger partial charge in [-0.1, -0.05) is 18.2 Å². The van der Waals surface area contributed by atoms with Gasteiger partial charge in [-0.2, -0.15) is 9.89 Å². The van der Waals surface area contributed by atoms with Crippen LogP contribution in [0.4, 0.5) is 0 Å². The molecule has 0 bridgehead atoms. The lowest BCUT2D eigenvalue weighted by molar-refractivity contribution is 0.262. The Morgan fingerprint density at radius 3 is 3.07 bits per heavy atom. The molecule has 1 aromatic carbocycles. The van der Waals surface area contributed by atoms with Gasteiger partial charge < -0.3 is 4.74 Å². The molecule has 0 radical (unpaired) electrons. The monoisotopic (exact) mass is 187 g/mol. The lowest BCUT2D eigenvalue weighted by Gasteiger charge is -2.14. The van der Waals surface area contributed by atoms with Crippen molar-refractivity contribution in [3.05, 3.63) is 42.9 Å². The van der Waals surface area contributed by atoms with Crippen LogP contribution in [0, 0.1) is 0 Å². The number of hydrogen-bond acceptors (Lipinski definition) is 3. The fraction of sp³-hybridized carbons (Fsp3) is 0.100. The van der Waals surface area contributed by atoms with E-state index in [-0.39, 0.29) is 0 Å². The van der Waals surface area contributed by atoms with Crippen molar-refractivity contribution in [2.45, 2.75) is 0 Å². The summed E-state index contributed by atoms with van der Waals surface area (Å²) in [6.07, 6.45) is 5.37. The number of rotatable bonds is 1. The number of aromatic nitrogens is 2. The molecule has 0 spiro atoms. The highest BCUT2D eigenvalue weighted by Gasteiger charge is 2.10. The third-order valence-electron chi connectivity index (χ3n) is 2.24. The Morgan fingerprint density at radius 1 is 1.29 bits per heavy atom. The Labute approximate surface area is 81.0 Å². The first kappa shape index (κ1) is 7.44. The average molecular weight is 187 g/mol. The molecule has 0 unspecified atom stereocenters. The molecule has 14 heavy (non-hydrogen) atoms. The first-order chi connectivity index (χ1) is 6.95. The van der Waals surface area contributed by atoms with E-state index in [1.54, 1.807) is 6.26 Å². The van der Waals surface area contributed by atoms with Crippen molar-refractivity contribution in [1.29, 1.82) is 0 Å². The summed E-state index contributed by atoms with van der Waals surface area (Å²) >= 11 is 0. The van der Waals surface area contributed by atoms with Crippen LogP contribution in [0.5, 0.6) is 0 Å². The first-order valence-electron chi connectivity index (χ1n) is 4.43. The lowest BCUT2D eigenvalue weighted by atomic mass is 10.3. The van der Waals surface area contributed by atoms with Gasteiger partial charge in [0.2, 0.25) is 0 Å². The van der Waals surface area contributed by atoms with Gasteiger partial charge in [-0.25, -0.2) is 5.01 Å². The Balaban J connectivity index is 2.16. The molecule has 70 valence electrons. The van der Waals surface area contributed by atoms with E-state index in [4.69, 9.17) is 4.74 Å². The van der Waals surface area contributed by atoms with Crippen LogP contribution in [0.3, 0.4) is 0 Å². The van der Waals surface area contributed by atoms with Gasteiger partial charge in [0.1, 0.15) is 6.26 Å². The van der Waals surface area contributed by atoms with Gasteiger partial charge in [0, 0.05) is 5.39 Å². The van der Waals surface area contributed by atoms with Crippen molar-refractivity contribution in [2.24, 2.45) is 0 Å². The third kappa shape index (κ3) is 0.970. The van der Waals surface area contributed by atoms with Gasteiger partial charge in [-0.3, -0.25) is 0 Å². The molecule has 0 atom stereocenters. The minimum Gasteiger partial charge on any atom is -0.477 e. The normalized spacial score (nSPS) is 15.0. The van der Waals surface area contributed by atoms with Gasteiger partial charge in [-0.05, 0) is 6.07 Å². The van der Waals surface area contributed by atoms with Gasteiger partial charge in [-0.15, -0.1) is 0 Å². The van der Waals surface area contributed by atoms with E-state index in [2.05, 4.69) is 5.10 Å². The first-order valence-corrected chi connectivity index (χ1v) is 4.43. The predicted molar refractivity (Wildman–Crippen MR) is 53.0 cm³/mol. The number of fused-ring (bicyclic) bond motifs is 1. The zero-order valence-corrected chi connectivity index (χ0v) is 7.50. The largest absolute Gasteiger partial charge is 0.477 e. The highest BCUT2D eigenvalue weighted by Crippen LogP contribution is 2.14. The Kier molecular flexibility index (Phi) is 1.47. The summed E-state index contributed by atoms with van der Waals surface area (Å²) in [6.45, 7) is 0.520. The summed E-state index contributed by atoms with van der Waals surface area (Å²) in [6, 6.07) is 8.08. The molecule has 0 N–H and O–H groups in total. The maximum Gasteiger partial charge on any atom is 0.180 e. The summed E-state index contributed by atoms with van der Waals surface area (Å²) in [5.74, 6) is 0. The molecule has 0 saturated carbocycles. The molecule has 2 aromatic rings. The highest BCUT2D eigenvalue weighted by molar-refractivity contribution is 5.78. The van der Waals surface area contributed by atoms with Gasteiger partial charge >= 0.3 is 0 Å². The molecule has 0 aliphatic carbocycles. The molecule has 0 fully saturated rings. The van der Waals surface area contributed by atoms with Gasteiger partial charge in [0.25, 0.3) is 0 Å². The lowest BCUT2D eigenvalue weighted by Crippen LogP contribution is -2.28. The second-order valence-electron chi connectivity index (χ2n) is 3.11. The minimum atomic E-state index is 0.520. The number of para-hydroxylation sites is 1. The fourth-order valence-electron chi connectivity index (χ4n) is 1.56. The molecular formula is C10H9N3O. The summed E-state index contributed by atoms with van der Waals surface area (Å²) in [7, 11) is 0. The van der Waals surface area contributed by atoms with Crippen molar-refractivity contribution in [1.82, 2.24) is 9.89 Å². The van der Waals surface area contributed by atoms with E-state index in [9.17, 15) is 0 Å². The van der Waals surface area contributed by atoms with Crippen molar-refractivity contribution < 1.29 is 4.74 Å². The molecule has 4 heteroatoms. The van der Waals surface area contributed by atoms with Crippen LogP contribution in [0.2, 0.25) is 0 Å². The van der Waals surface area contributed by atoms with E-state index in [0.29, 0.717) is 6.73 Å². The number of benzene rings is 1. The maximum atomic E-state index is 5.11. The minimum absolute atomic E-state index is 0.520. The average Bonchev–Trinajstić information content (AvgIpc) is 2.85. The second-order valence-corrected chi connectivity index (χ2v) is 3.11. The Bertz CT molecular complexity index is 489. The summed E-state index contributed by atoms with van der Waals surface area (Å²) < 4.78 is 5.11. The zero-order valence-electron chi connectivity index (χ0n) is 7.50. The maximum absolute atomic E-state index is 5.11. The quantitative estimate of drug-likeness (QED) is 0.676. The molecule has 0 amide bonds. The number of ether oxygens (including phenoxy) is 1. The SMILES string of the molecule is C1=CN(n2ncc3ccccc32)CO1. The van der Waals surface area contributed by atoms with E-state index in [1.807, 2.05) is 46.5 Å². The van der Waals surface area contributed by atoms with Crippen LogP contribution in [0.25, 0.3) is 10.9 Å². The topological polar surface area (TPSA) is 30.3 Å². The predicted octanol–water partition coefficient (Wildman–Crippen LogP) is 1.43. The number of hydrogen-bond donors (Lipinski definition) is 0. The van der Waals surface area contributed by atoms with E-state index in [0.717, 1.165) is 10.9 Å². The summed E-state index contributed by atoms with van der Waals surface area (Å²) in [4.78, 5) is 1.83. The van der Waals surface area contributed by atoms with Crippen LogP contribution in [-0.4, -0.2) is 16.6 Å². The molecule has 1 aliphatic heterocycles. The van der Waals surface area contributed by atoms with Crippen molar-refractivity contribution in [2.75, 3.05) is 11.7 Å². The van der Waals surface area contributed by atoms with E-state index in [1.165, 1.54) is 0 Å². The zero-order chi connectivity index (χ0) is 9.38. The Morgan fingerprint density at radius 2 is 2.21 bits per heavy atom.